The molecule has 2 aromatic heterocycles. The number of aromatic nitrogens is 4. The molecule has 2 N–H and O–H groups in total. The van der Waals surface area contributed by atoms with E-state index >= 15 is 0 Å². The molecule has 0 saturated carbocycles. The van der Waals surface area contributed by atoms with Crippen molar-refractivity contribution in [1.29, 1.82) is 0 Å². The highest BCUT2D eigenvalue weighted by Gasteiger charge is 2.33. The summed E-state index contributed by atoms with van der Waals surface area (Å²) in [7, 11) is 3.51. The summed E-state index contributed by atoms with van der Waals surface area (Å²) in [5.74, 6) is 1.20. The Kier molecular flexibility index (Phi) is 3.34. The Labute approximate surface area is 138 Å². The molecule has 1 unspecified atom stereocenters. The van der Waals surface area contributed by atoms with Crippen molar-refractivity contribution in [3.05, 3.63) is 47.8 Å². The van der Waals surface area contributed by atoms with Crippen LogP contribution in [0.15, 0.2) is 36.5 Å². The van der Waals surface area contributed by atoms with E-state index in [2.05, 4.69) is 20.6 Å². The molecule has 1 atom stereocenters. The molecule has 1 amide bonds. The maximum Gasteiger partial charge on any atom is 0.226 e. The van der Waals surface area contributed by atoms with Crippen LogP contribution in [0, 0.1) is 0 Å². The van der Waals surface area contributed by atoms with Gasteiger partial charge in [-0.1, -0.05) is 0 Å². The fourth-order valence-electron chi connectivity index (χ4n) is 3.10. The standard InChI is InChI=1S/C17H17N5O2/c1-22-8-7-13(21-22)12-9-14(23)18-17-15(12)16(19-20-17)10-3-5-11(24-2)6-4-10/h3-8,12H,9H2,1-2H3,(H2,18,19,20,23). The molecule has 0 radical (unpaired) electrons. The molecule has 0 fully saturated rings. The van der Waals surface area contributed by atoms with Crippen LogP contribution in [-0.2, 0) is 11.8 Å². The lowest BCUT2D eigenvalue weighted by Crippen LogP contribution is -2.23. The Morgan fingerprint density at radius 2 is 2.04 bits per heavy atom. The molecular formula is C17H17N5O2. The van der Waals surface area contributed by atoms with Crippen LogP contribution in [0.5, 0.6) is 5.75 Å². The average molecular weight is 323 g/mol. The van der Waals surface area contributed by atoms with Gasteiger partial charge in [0.25, 0.3) is 0 Å². The number of anilines is 1. The quantitative estimate of drug-likeness (QED) is 0.774. The van der Waals surface area contributed by atoms with Crippen molar-refractivity contribution in [3.63, 3.8) is 0 Å². The minimum absolute atomic E-state index is 0.0501. The van der Waals surface area contributed by atoms with Gasteiger partial charge in [0.15, 0.2) is 5.82 Å². The van der Waals surface area contributed by atoms with E-state index in [0.29, 0.717) is 12.2 Å². The van der Waals surface area contributed by atoms with Crippen LogP contribution in [0.4, 0.5) is 5.82 Å². The highest BCUT2D eigenvalue weighted by atomic mass is 16.5. The number of ether oxygens (including phenoxy) is 1. The minimum Gasteiger partial charge on any atom is -0.497 e. The van der Waals surface area contributed by atoms with Crippen LogP contribution in [0.1, 0.15) is 23.6 Å². The summed E-state index contributed by atoms with van der Waals surface area (Å²) in [6.07, 6.45) is 2.24. The monoisotopic (exact) mass is 323 g/mol. The van der Waals surface area contributed by atoms with Crippen LogP contribution in [0.3, 0.4) is 0 Å². The molecule has 4 rings (SSSR count). The number of carbonyl (C=O) groups is 1. The van der Waals surface area contributed by atoms with E-state index in [0.717, 1.165) is 28.3 Å². The average Bonchev–Trinajstić information content (AvgIpc) is 3.20. The number of hydrogen-bond acceptors (Lipinski definition) is 4. The van der Waals surface area contributed by atoms with Crippen molar-refractivity contribution in [3.8, 4) is 17.0 Å². The largest absolute Gasteiger partial charge is 0.497 e. The van der Waals surface area contributed by atoms with Crippen LogP contribution < -0.4 is 10.1 Å². The number of carbonyl (C=O) groups excluding carboxylic acids is 1. The van der Waals surface area contributed by atoms with E-state index in [1.165, 1.54) is 0 Å². The first-order valence-corrected chi connectivity index (χ1v) is 7.68. The van der Waals surface area contributed by atoms with E-state index in [-0.39, 0.29) is 11.8 Å². The van der Waals surface area contributed by atoms with E-state index in [9.17, 15) is 4.79 Å². The van der Waals surface area contributed by atoms with E-state index in [4.69, 9.17) is 4.74 Å². The number of fused-ring (bicyclic) bond motifs is 1. The number of methoxy groups -OCH3 is 1. The number of amides is 1. The molecule has 122 valence electrons. The molecule has 0 saturated heterocycles. The van der Waals surface area contributed by atoms with Gasteiger partial charge in [0.2, 0.25) is 5.91 Å². The third-order valence-corrected chi connectivity index (χ3v) is 4.27. The Morgan fingerprint density at radius 3 is 2.71 bits per heavy atom. The summed E-state index contributed by atoms with van der Waals surface area (Å²) < 4.78 is 6.96. The number of rotatable bonds is 3. The van der Waals surface area contributed by atoms with Crippen molar-refractivity contribution in [2.75, 3.05) is 12.4 Å². The smallest absolute Gasteiger partial charge is 0.226 e. The van der Waals surface area contributed by atoms with Gasteiger partial charge in [-0.05, 0) is 30.3 Å². The van der Waals surface area contributed by atoms with Crippen molar-refractivity contribution in [2.45, 2.75) is 12.3 Å². The number of H-pyrrole nitrogens is 1. The van der Waals surface area contributed by atoms with Crippen molar-refractivity contribution < 1.29 is 9.53 Å². The molecule has 1 aliphatic rings. The second-order valence-electron chi connectivity index (χ2n) is 5.81. The van der Waals surface area contributed by atoms with Crippen molar-refractivity contribution in [2.24, 2.45) is 7.05 Å². The third-order valence-electron chi connectivity index (χ3n) is 4.27. The molecule has 7 heteroatoms. The Balaban J connectivity index is 1.82. The van der Waals surface area contributed by atoms with Gasteiger partial charge >= 0.3 is 0 Å². The van der Waals surface area contributed by atoms with Gasteiger partial charge in [-0.15, -0.1) is 0 Å². The molecule has 0 aliphatic carbocycles. The summed E-state index contributed by atoms with van der Waals surface area (Å²) in [6, 6.07) is 9.69. The summed E-state index contributed by atoms with van der Waals surface area (Å²) in [4.78, 5) is 12.0. The van der Waals surface area contributed by atoms with Crippen LogP contribution in [-0.4, -0.2) is 33.0 Å². The van der Waals surface area contributed by atoms with E-state index in [1.807, 2.05) is 43.6 Å². The molecule has 3 aromatic rings. The first-order chi connectivity index (χ1) is 11.7. The predicted molar refractivity (Wildman–Crippen MR) is 88.9 cm³/mol. The molecule has 0 bridgehead atoms. The number of hydrogen-bond donors (Lipinski definition) is 2. The zero-order valence-corrected chi connectivity index (χ0v) is 13.4. The normalized spacial score (nSPS) is 16.6. The number of nitrogens with zero attached hydrogens (tertiary/aromatic N) is 3. The maximum absolute atomic E-state index is 12.0. The van der Waals surface area contributed by atoms with Gasteiger partial charge in [0.05, 0.1) is 18.5 Å². The molecule has 1 aromatic carbocycles. The molecule has 24 heavy (non-hydrogen) atoms. The summed E-state index contributed by atoms with van der Waals surface area (Å²) >= 11 is 0. The van der Waals surface area contributed by atoms with Gasteiger partial charge in [-0.2, -0.15) is 10.2 Å². The minimum atomic E-state index is -0.120. The predicted octanol–water partition coefficient (Wildman–Crippen LogP) is 2.29. The molecule has 0 spiro atoms. The second kappa shape index (κ2) is 5.52. The van der Waals surface area contributed by atoms with Gasteiger partial charge in [0.1, 0.15) is 5.75 Å². The number of aryl methyl sites for hydroxylation is 1. The number of nitrogens with one attached hydrogen (secondary N) is 2. The first-order valence-electron chi connectivity index (χ1n) is 7.68. The lowest BCUT2D eigenvalue weighted by Gasteiger charge is -2.21. The van der Waals surface area contributed by atoms with Gasteiger partial charge in [-0.25, -0.2) is 0 Å². The highest BCUT2D eigenvalue weighted by molar-refractivity contribution is 5.95. The third kappa shape index (κ3) is 2.34. The van der Waals surface area contributed by atoms with Gasteiger partial charge in [-0.3, -0.25) is 14.6 Å². The highest BCUT2D eigenvalue weighted by Crippen LogP contribution is 2.41. The van der Waals surface area contributed by atoms with E-state index < -0.39 is 0 Å². The molecular weight excluding hydrogens is 306 g/mol. The molecule has 3 heterocycles. The van der Waals surface area contributed by atoms with Crippen molar-refractivity contribution >= 4 is 11.7 Å². The lowest BCUT2D eigenvalue weighted by atomic mass is 9.87. The van der Waals surface area contributed by atoms with E-state index in [1.54, 1.807) is 11.8 Å². The molecule has 7 nitrogen and oxygen atoms in total. The lowest BCUT2D eigenvalue weighted by molar-refractivity contribution is -0.116. The Bertz CT molecular complexity index is 894. The number of benzene rings is 1. The van der Waals surface area contributed by atoms with Crippen LogP contribution in [0.2, 0.25) is 0 Å². The SMILES string of the molecule is COc1ccc(-c2[nH]nc3c2C(c2ccn(C)n2)CC(=O)N3)cc1. The fourth-order valence-corrected chi connectivity index (χ4v) is 3.10. The summed E-state index contributed by atoms with van der Waals surface area (Å²) in [5, 5.41) is 14.7. The molecule has 1 aliphatic heterocycles. The second-order valence-corrected chi connectivity index (χ2v) is 5.81. The summed E-state index contributed by atoms with van der Waals surface area (Å²) in [6.45, 7) is 0. The van der Waals surface area contributed by atoms with Gasteiger partial charge in [0, 0.05) is 36.7 Å². The Hall–Kier alpha value is -3.09. The topological polar surface area (TPSA) is 84.8 Å². The maximum atomic E-state index is 12.0. The fraction of sp³-hybridized carbons (Fsp3) is 0.235. The van der Waals surface area contributed by atoms with Crippen LogP contribution in [0.25, 0.3) is 11.3 Å². The van der Waals surface area contributed by atoms with Gasteiger partial charge < -0.3 is 10.1 Å². The summed E-state index contributed by atoms with van der Waals surface area (Å²) in [5.41, 5.74) is 3.72. The van der Waals surface area contributed by atoms with Crippen LogP contribution >= 0.6 is 0 Å². The zero-order chi connectivity index (χ0) is 16.7. The van der Waals surface area contributed by atoms with Crippen molar-refractivity contribution in [1.82, 2.24) is 20.0 Å². The zero-order valence-electron chi connectivity index (χ0n) is 13.4. The Morgan fingerprint density at radius 1 is 1.25 bits per heavy atom. The number of aromatic amines is 1. The first kappa shape index (κ1) is 14.5.